The molecule has 3 aliphatic heterocycles. The fourth-order valence-electron chi connectivity index (χ4n) is 6.75. The van der Waals surface area contributed by atoms with Crippen LogP contribution in [0.3, 0.4) is 0 Å². The maximum atomic E-state index is 12.8. The van der Waals surface area contributed by atoms with Gasteiger partial charge in [-0.3, -0.25) is 4.90 Å². The molecule has 0 saturated carbocycles. The van der Waals surface area contributed by atoms with Crippen molar-refractivity contribution in [2.24, 2.45) is 5.41 Å². The highest BCUT2D eigenvalue weighted by atomic mass is 16.5. The largest absolute Gasteiger partial charge is 0.507 e. The summed E-state index contributed by atoms with van der Waals surface area (Å²) in [6.07, 6.45) is 4.52. The van der Waals surface area contributed by atoms with Crippen LogP contribution in [-0.2, 0) is 21.7 Å². The van der Waals surface area contributed by atoms with E-state index in [1.165, 1.54) is 30.2 Å². The van der Waals surface area contributed by atoms with Crippen molar-refractivity contribution in [3.63, 3.8) is 0 Å². The average Bonchev–Trinajstić information content (AvgIpc) is 3.24. The predicted molar refractivity (Wildman–Crippen MR) is 134 cm³/mol. The maximum absolute atomic E-state index is 12.8. The molecule has 36 heavy (non-hydrogen) atoms. The SMILES string of the molecule is CC[C@]12CCCN3CCc4c(n(c5ccccc45)[C@@](O)(C(=O)OC)C1)[C@@H]32.O=C(O)c1ccccc1O. The second-order valence-corrected chi connectivity index (χ2v) is 10.0. The Hall–Kier alpha value is -3.36. The molecule has 3 aromatic rings. The molecule has 4 heterocycles. The Kier molecular flexibility index (Phi) is 6.04. The summed E-state index contributed by atoms with van der Waals surface area (Å²) in [5.41, 5.74) is 1.63. The summed E-state index contributed by atoms with van der Waals surface area (Å²) in [4.78, 5) is 25.7. The fourth-order valence-corrected chi connectivity index (χ4v) is 6.75. The first-order valence-electron chi connectivity index (χ1n) is 12.5. The number of hydrogen-bond acceptors (Lipinski definition) is 6. The predicted octanol–water partition coefficient (Wildman–Crippen LogP) is 4.04. The highest BCUT2D eigenvalue weighted by Gasteiger charge is 2.60. The minimum Gasteiger partial charge on any atom is -0.507 e. The topological polar surface area (TPSA) is 112 Å². The number of aromatic nitrogens is 1. The first kappa shape index (κ1) is 24.3. The zero-order valence-corrected chi connectivity index (χ0v) is 20.6. The summed E-state index contributed by atoms with van der Waals surface area (Å²) in [5, 5.41) is 30.2. The summed E-state index contributed by atoms with van der Waals surface area (Å²) in [7, 11) is 1.37. The van der Waals surface area contributed by atoms with Gasteiger partial charge < -0.3 is 24.6 Å². The van der Waals surface area contributed by atoms with Crippen molar-refractivity contribution in [3.05, 3.63) is 65.4 Å². The summed E-state index contributed by atoms with van der Waals surface area (Å²) in [6, 6.07) is 14.3. The fraction of sp³-hybridized carbons (Fsp3) is 0.429. The second-order valence-electron chi connectivity index (χ2n) is 10.0. The van der Waals surface area contributed by atoms with E-state index < -0.39 is 17.7 Å². The third-order valence-electron chi connectivity index (χ3n) is 8.31. The maximum Gasteiger partial charge on any atom is 0.359 e. The van der Waals surface area contributed by atoms with E-state index in [0.717, 1.165) is 50.0 Å². The summed E-state index contributed by atoms with van der Waals surface area (Å²) in [5.74, 6) is -1.86. The van der Waals surface area contributed by atoms with Crippen LogP contribution in [0.15, 0.2) is 48.5 Å². The number of piperidine rings is 1. The Morgan fingerprint density at radius 3 is 2.50 bits per heavy atom. The lowest BCUT2D eigenvalue weighted by atomic mass is 9.62. The lowest BCUT2D eigenvalue weighted by Crippen LogP contribution is -2.60. The smallest absolute Gasteiger partial charge is 0.359 e. The van der Waals surface area contributed by atoms with E-state index in [0.29, 0.717) is 6.42 Å². The molecule has 6 rings (SSSR count). The number of aliphatic hydroxyl groups is 1. The number of methoxy groups -OCH3 is 1. The molecule has 0 spiro atoms. The number of carbonyl (C=O) groups is 2. The number of rotatable bonds is 3. The van der Waals surface area contributed by atoms with E-state index in [9.17, 15) is 14.7 Å². The molecule has 3 N–H and O–H groups in total. The molecule has 1 saturated heterocycles. The van der Waals surface area contributed by atoms with Crippen LogP contribution in [0.4, 0.5) is 0 Å². The van der Waals surface area contributed by atoms with Gasteiger partial charge in [-0.1, -0.05) is 37.3 Å². The molecule has 8 heteroatoms. The molecule has 2 aromatic carbocycles. The summed E-state index contributed by atoms with van der Waals surface area (Å²) >= 11 is 0. The van der Waals surface area contributed by atoms with Crippen molar-refractivity contribution in [1.29, 1.82) is 0 Å². The molecular formula is C28H32N2O6. The third kappa shape index (κ3) is 3.50. The number of aromatic hydroxyl groups is 1. The lowest BCUT2D eigenvalue weighted by Gasteiger charge is -2.57. The molecule has 1 fully saturated rings. The zero-order chi connectivity index (χ0) is 25.7. The highest BCUT2D eigenvalue weighted by Crippen LogP contribution is 2.60. The van der Waals surface area contributed by atoms with Gasteiger partial charge in [-0.05, 0) is 61.4 Å². The van der Waals surface area contributed by atoms with Gasteiger partial charge in [-0.2, -0.15) is 0 Å². The number of benzene rings is 2. The minimum atomic E-state index is -1.63. The summed E-state index contributed by atoms with van der Waals surface area (Å²) < 4.78 is 7.01. The van der Waals surface area contributed by atoms with Crippen LogP contribution < -0.4 is 0 Å². The lowest BCUT2D eigenvalue weighted by molar-refractivity contribution is -0.194. The molecule has 1 aromatic heterocycles. The van der Waals surface area contributed by atoms with Gasteiger partial charge in [0.2, 0.25) is 5.72 Å². The number of esters is 1. The number of para-hydroxylation sites is 2. The molecule has 8 nitrogen and oxygen atoms in total. The van der Waals surface area contributed by atoms with Crippen molar-refractivity contribution in [3.8, 4) is 5.75 Å². The molecule has 190 valence electrons. The third-order valence-corrected chi connectivity index (χ3v) is 8.31. The number of hydrogen-bond donors (Lipinski definition) is 3. The molecule has 3 atom stereocenters. The number of carboxylic acid groups (broad SMARTS) is 1. The van der Waals surface area contributed by atoms with Crippen molar-refractivity contribution < 1.29 is 29.6 Å². The molecule has 0 unspecified atom stereocenters. The van der Waals surface area contributed by atoms with E-state index in [2.05, 4.69) is 17.9 Å². The van der Waals surface area contributed by atoms with Gasteiger partial charge in [0.15, 0.2) is 0 Å². The van der Waals surface area contributed by atoms with Crippen LogP contribution in [0.2, 0.25) is 0 Å². The molecule has 3 aliphatic rings. The Labute approximate surface area is 209 Å². The van der Waals surface area contributed by atoms with E-state index in [1.807, 2.05) is 22.8 Å². The van der Waals surface area contributed by atoms with E-state index in [1.54, 1.807) is 12.1 Å². The number of nitrogens with zero attached hydrogens (tertiary/aromatic N) is 2. The van der Waals surface area contributed by atoms with Gasteiger partial charge >= 0.3 is 11.9 Å². The van der Waals surface area contributed by atoms with Crippen molar-refractivity contribution in [2.45, 2.75) is 50.8 Å². The Bertz CT molecular complexity index is 1330. The van der Waals surface area contributed by atoms with Gasteiger partial charge in [0.1, 0.15) is 11.3 Å². The Balaban J connectivity index is 0.000000226. The normalized spacial score (nSPS) is 26.5. The molecule has 0 bridgehead atoms. The van der Waals surface area contributed by atoms with Gasteiger partial charge in [0.25, 0.3) is 0 Å². The average molecular weight is 493 g/mol. The van der Waals surface area contributed by atoms with E-state index in [-0.39, 0.29) is 22.8 Å². The monoisotopic (exact) mass is 492 g/mol. The van der Waals surface area contributed by atoms with Gasteiger partial charge in [-0.15, -0.1) is 0 Å². The standard InChI is InChI=1S/C21H26N2O3.C7H6O3/c1-3-20-10-6-11-22-12-9-15-14-7-4-5-8-16(14)23(17(15)18(20)22)21(25,13-20)19(24)26-2;8-6-4-2-1-3-5(6)7(9)10/h4-5,7-8,18,25H,3,6,9-13H2,1-2H3;1-4,8H,(H,9,10)/t18-,20+,21+;/m1./s1. The van der Waals surface area contributed by atoms with E-state index >= 15 is 0 Å². The minimum absolute atomic E-state index is 0.0671. The Morgan fingerprint density at radius 1 is 1.11 bits per heavy atom. The molecular weight excluding hydrogens is 460 g/mol. The van der Waals surface area contributed by atoms with Crippen molar-refractivity contribution in [1.82, 2.24) is 9.47 Å². The van der Waals surface area contributed by atoms with Crippen LogP contribution in [0.25, 0.3) is 10.9 Å². The van der Waals surface area contributed by atoms with Crippen LogP contribution in [0.5, 0.6) is 5.75 Å². The molecule has 0 aliphatic carbocycles. The highest BCUT2D eigenvalue weighted by molar-refractivity contribution is 5.91. The first-order valence-corrected chi connectivity index (χ1v) is 12.5. The zero-order valence-electron chi connectivity index (χ0n) is 20.6. The van der Waals surface area contributed by atoms with Crippen molar-refractivity contribution >= 4 is 22.8 Å². The first-order chi connectivity index (χ1) is 17.3. The summed E-state index contributed by atoms with van der Waals surface area (Å²) in [6.45, 7) is 4.36. The van der Waals surface area contributed by atoms with Crippen LogP contribution >= 0.6 is 0 Å². The Morgan fingerprint density at radius 2 is 1.83 bits per heavy atom. The van der Waals surface area contributed by atoms with Crippen LogP contribution in [0.1, 0.15) is 60.3 Å². The second kappa shape index (κ2) is 8.94. The van der Waals surface area contributed by atoms with Crippen molar-refractivity contribution in [2.75, 3.05) is 20.2 Å². The number of carboxylic acids is 1. The van der Waals surface area contributed by atoms with Crippen LogP contribution in [0, 0.1) is 5.41 Å². The number of phenols is 1. The number of aromatic carboxylic acids is 1. The van der Waals surface area contributed by atoms with Gasteiger partial charge in [0, 0.05) is 24.0 Å². The van der Waals surface area contributed by atoms with Crippen LogP contribution in [-0.4, -0.2) is 56.9 Å². The van der Waals surface area contributed by atoms with Gasteiger partial charge in [-0.25, -0.2) is 9.59 Å². The quantitative estimate of drug-likeness (QED) is 0.473. The van der Waals surface area contributed by atoms with Gasteiger partial charge in [0.05, 0.1) is 18.7 Å². The van der Waals surface area contributed by atoms with E-state index in [4.69, 9.17) is 14.9 Å². The number of fused-ring (bicyclic) bond motifs is 3. The number of carbonyl (C=O) groups excluding carboxylic acids is 1. The number of ether oxygens (including phenoxy) is 1. The molecule has 0 amide bonds. The molecule has 0 radical (unpaired) electrons.